The Morgan fingerprint density at radius 1 is 1.14 bits per heavy atom. The highest BCUT2D eigenvalue weighted by atomic mass is 16.5. The summed E-state index contributed by atoms with van der Waals surface area (Å²) >= 11 is 0. The lowest BCUT2D eigenvalue weighted by Crippen LogP contribution is -2.13. The number of benzene rings is 1. The summed E-state index contributed by atoms with van der Waals surface area (Å²) in [4.78, 5) is 15.0. The van der Waals surface area contributed by atoms with Crippen LogP contribution in [0.1, 0.15) is 34.8 Å². The molecule has 2 aromatic rings. The van der Waals surface area contributed by atoms with Crippen molar-refractivity contribution in [1.82, 2.24) is 10.3 Å². The Morgan fingerprint density at radius 3 is 2.41 bits per heavy atom. The Hall–Kier alpha value is -2.40. The molecule has 0 aliphatic heterocycles. The van der Waals surface area contributed by atoms with Crippen molar-refractivity contribution >= 4 is 5.97 Å². The second-order valence-electron chi connectivity index (χ2n) is 4.96. The topological polar surface area (TPSA) is 71.5 Å². The number of nitrogens with zero attached hydrogens (tertiary/aromatic N) is 1. The van der Waals surface area contributed by atoms with Crippen molar-refractivity contribution in [2.24, 2.45) is 0 Å². The number of nitrogens with one attached hydrogen (secondary N) is 1. The predicted octanol–water partition coefficient (Wildman–Crippen LogP) is 2.86. The number of pyridine rings is 1. The zero-order valence-corrected chi connectivity index (χ0v) is 12.6. The molecule has 0 amide bonds. The molecule has 0 unspecified atom stereocenters. The molecular formula is C17H20N2O3. The summed E-state index contributed by atoms with van der Waals surface area (Å²) in [5, 5.41) is 12.1. The zero-order valence-electron chi connectivity index (χ0n) is 12.6. The molecule has 1 heterocycles. The number of rotatable bonds is 8. The molecule has 0 aliphatic carbocycles. The van der Waals surface area contributed by atoms with Gasteiger partial charge in [-0.2, -0.15) is 0 Å². The monoisotopic (exact) mass is 300 g/mol. The fraction of sp³-hybridized carbons (Fsp3) is 0.294. The maximum Gasteiger partial charge on any atom is 0.335 e. The van der Waals surface area contributed by atoms with E-state index >= 15 is 0 Å². The second-order valence-corrected chi connectivity index (χ2v) is 4.96. The number of aromatic carboxylic acids is 1. The molecule has 1 aromatic heterocycles. The first-order valence-corrected chi connectivity index (χ1v) is 7.29. The average molecular weight is 300 g/mol. The van der Waals surface area contributed by atoms with Gasteiger partial charge in [-0.1, -0.05) is 25.1 Å². The van der Waals surface area contributed by atoms with Crippen molar-refractivity contribution in [2.45, 2.75) is 26.4 Å². The van der Waals surface area contributed by atoms with Crippen molar-refractivity contribution in [3.05, 3.63) is 59.3 Å². The van der Waals surface area contributed by atoms with Crippen LogP contribution < -0.4 is 10.1 Å². The summed E-state index contributed by atoms with van der Waals surface area (Å²) < 4.78 is 5.43. The van der Waals surface area contributed by atoms with Crippen molar-refractivity contribution in [3.63, 3.8) is 0 Å². The molecule has 2 N–H and O–H groups in total. The van der Waals surface area contributed by atoms with Crippen LogP contribution in [-0.4, -0.2) is 22.7 Å². The van der Waals surface area contributed by atoms with Crippen LogP contribution in [0.3, 0.4) is 0 Å². The third-order valence-electron chi connectivity index (χ3n) is 3.11. The summed E-state index contributed by atoms with van der Waals surface area (Å²) in [5.74, 6) is -0.258. The van der Waals surface area contributed by atoms with Gasteiger partial charge in [0.25, 0.3) is 0 Å². The number of carbonyl (C=O) groups is 1. The number of carboxylic acid groups (broad SMARTS) is 1. The summed E-state index contributed by atoms with van der Waals surface area (Å²) in [6.07, 6.45) is 2.76. The normalized spacial score (nSPS) is 10.4. The van der Waals surface area contributed by atoms with E-state index in [1.165, 1.54) is 0 Å². The molecule has 0 saturated carbocycles. The van der Waals surface area contributed by atoms with Gasteiger partial charge in [-0.25, -0.2) is 9.78 Å². The lowest BCUT2D eigenvalue weighted by molar-refractivity contribution is 0.0697. The maximum absolute atomic E-state index is 10.8. The van der Waals surface area contributed by atoms with Crippen LogP contribution in [0.15, 0.2) is 42.6 Å². The Labute approximate surface area is 130 Å². The van der Waals surface area contributed by atoms with Crippen LogP contribution >= 0.6 is 0 Å². The summed E-state index contributed by atoms with van der Waals surface area (Å²) in [6, 6.07) is 10.7. The molecule has 0 radical (unpaired) electrons. The lowest BCUT2D eigenvalue weighted by atomic mass is 10.1. The standard InChI is InChI=1S/C17H20N2O3/c1-2-9-22-16-8-5-14(12-19-16)11-18-10-13-3-6-15(7-4-13)17(20)21/h3-8,12,18H,2,9-11H2,1H3,(H,20,21). The minimum absolute atomic E-state index is 0.301. The van der Waals surface area contributed by atoms with Gasteiger partial charge in [0, 0.05) is 25.4 Å². The van der Waals surface area contributed by atoms with Crippen molar-refractivity contribution < 1.29 is 14.6 Å². The number of hydrogen-bond donors (Lipinski definition) is 2. The van der Waals surface area contributed by atoms with Gasteiger partial charge in [0.15, 0.2) is 0 Å². The first kappa shape index (κ1) is 16.0. The number of ether oxygens (including phenoxy) is 1. The van der Waals surface area contributed by atoms with Gasteiger partial charge in [0.05, 0.1) is 12.2 Å². The molecule has 5 heteroatoms. The third kappa shape index (κ3) is 4.86. The molecule has 116 valence electrons. The molecular weight excluding hydrogens is 280 g/mol. The summed E-state index contributed by atoms with van der Waals surface area (Å²) in [5.41, 5.74) is 2.42. The Balaban J connectivity index is 1.79. The molecule has 1 aromatic carbocycles. The minimum Gasteiger partial charge on any atom is -0.478 e. The van der Waals surface area contributed by atoms with E-state index in [1.807, 2.05) is 24.3 Å². The molecule has 0 aliphatic rings. The summed E-state index contributed by atoms with van der Waals surface area (Å²) in [7, 11) is 0. The Kier molecular flexibility index (Phi) is 5.91. The van der Waals surface area contributed by atoms with Crippen LogP contribution in [0.5, 0.6) is 5.88 Å². The predicted molar refractivity (Wildman–Crippen MR) is 84.0 cm³/mol. The third-order valence-corrected chi connectivity index (χ3v) is 3.11. The smallest absolute Gasteiger partial charge is 0.335 e. The van der Waals surface area contributed by atoms with Gasteiger partial charge in [0.1, 0.15) is 0 Å². The Bertz CT molecular complexity index is 594. The first-order chi connectivity index (χ1) is 10.7. The quantitative estimate of drug-likeness (QED) is 0.784. The molecule has 0 fully saturated rings. The Morgan fingerprint density at radius 2 is 1.82 bits per heavy atom. The molecule has 5 nitrogen and oxygen atoms in total. The fourth-order valence-electron chi connectivity index (χ4n) is 1.92. The molecule has 0 bridgehead atoms. The van der Waals surface area contributed by atoms with E-state index in [1.54, 1.807) is 18.3 Å². The fourth-order valence-corrected chi connectivity index (χ4v) is 1.92. The second kappa shape index (κ2) is 8.14. The van der Waals surface area contributed by atoms with Crippen molar-refractivity contribution in [2.75, 3.05) is 6.61 Å². The van der Waals surface area contributed by atoms with Crippen LogP contribution in [0.4, 0.5) is 0 Å². The molecule has 0 saturated heterocycles. The van der Waals surface area contributed by atoms with Crippen LogP contribution in [0.2, 0.25) is 0 Å². The van der Waals surface area contributed by atoms with Gasteiger partial charge in [-0.3, -0.25) is 0 Å². The van der Waals surface area contributed by atoms with Gasteiger partial charge in [-0.05, 0) is 29.7 Å². The van der Waals surface area contributed by atoms with E-state index in [-0.39, 0.29) is 0 Å². The van der Waals surface area contributed by atoms with E-state index < -0.39 is 5.97 Å². The summed E-state index contributed by atoms with van der Waals surface area (Å²) in [6.45, 7) is 4.11. The van der Waals surface area contributed by atoms with E-state index in [0.29, 0.717) is 31.1 Å². The van der Waals surface area contributed by atoms with Crippen LogP contribution in [0, 0.1) is 0 Å². The van der Waals surface area contributed by atoms with E-state index in [0.717, 1.165) is 17.5 Å². The first-order valence-electron chi connectivity index (χ1n) is 7.29. The van der Waals surface area contributed by atoms with Gasteiger partial charge in [-0.15, -0.1) is 0 Å². The van der Waals surface area contributed by atoms with Crippen LogP contribution in [0.25, 0.3) is 0 Å². The minimum atomic E-state index is -0.907. The SMILES string of the molecule is CCCOc1ccc(CNCc2ccc(C(=O)O)cc2)cn1. The van der Waals surface area contributed by atoms with Gasteiger partial charge >= 0.3 is 5.97 Å². The molecule has 0 atom stereocenters. The highest BCUT2D eigenvalue weighted by Crippen LogP contribution is 2.08. The molecule has 22 heavy (non-hydrogen) atoms. The zero-order chi connectivity index (χ0) is 15.8. The van der Waals surface area contributed by atoms with Crippen LogP contribution in [-0.2, 0) is 13.1 Å². The number of aromatic nitrogens is 1. The van der Waals surface area contributed by atoms with Gasteiger partial charge < -0.3 is 15.2 Å². The highest BCUT2D eigenvalue weighted by molar-refractivity contribution is 5.87. The maximum atomic E-state index is 10.8. The lowest BCUT2D eigenvalue weighted by Gasteiger charge is -2.07. The van der Waals surface area contributed by atoms with E-state index in [2.05, 4.69) is 17.2 Å². The van der Waals surface area contributed by atoms with E-state index in [9.17, 15) is 4.79 Å². The van der Waals surface area contributed by atoms with Crippen molar-refractivity contribution in [3.8, 4) is 5.88 Å². The van der Waals surface area contributed by atoms with Gasteiger partial charge in [0.2, 0.25) is 5.88 Å². The number of carboxylic acids is 1. The average Bonchev–Trinajstić information content (AvgIpc) is 2.54. The number of hydrogen-bond acceptors (Lipinski definition) is 4. The molecule has 0 spiro atoms. The van der Waals surface area contributed by atoms with E-state index in [4.69, 9.17) is 9.84 Å². The largest absolute Gasteiger partial charge is 0.478 e. The van der Waals surface area contributed by atoms with Crippen molar-refractivity contribution in [1.29, 1.82) is 0 Å². The highest BCUT2D eigenvalue weighted by Gasteiger charge is 2.02. The molecule has 2 rings (SSSR count).